The third-order valence-corrected chi connectivity index (χ3v) is 4.03. The van der Waals surface area contributed by atoms with Crippen molar-refractivity contribution in [1.82, 2.24) is 5.43 Å². The van der Waals surface area contributed by atoms with Gasteiger partial charge in [-0.1, -0.05) is 18.1 Å². The Bertz CT molecular complexity index is 247. The minimum Gasteiger partial charge on any atom is -0.378 e. The van der Waals surface area contributed by atoms with Crippen molar-refractivity contribution in [3.8, 4) is 0 Å². The van der Waals surface area contributed by atoms with Gasteiger partial charge in [0.1, 0.15) is 0 Å². The molecule has 2 aliphatic rings. The molecule has 0 amide bonds. The lowest BCUT2D eigenvalue weighted by Crippen LogP contribution is -2.37. The van der Waals surface area contributed by atoms with Crippen LogP contribution < -0.4 is 11.3 Å². The number of nitrogens with one attached hydrogen (secondary N) is 1. The van der Waals surface area contributed by atoms with Gasteiger partial charge in [0, 0.05) is 12.6 Å². The molecule has 0 aromatic heterocycles. The lowest BCUT2D eigenvalue weighted by molar-refractivity contribution is 0.100. The van der Waals surface area contributed by atoms with Gasteiger partial charge in [-0.3, -0.25) is 11.3 Å². The van der Waals surface area contributed by atoms with Crippen LogP contribution in [0.2, 0.25) is 0 Å². The molecule has 1 heterocycles. The molecule has 17 heavy (non-hydrogen) atoms. The molecule has 0 bridgehead atoms. The first-order valence-electron chi connectivity index (χ1n) is 7.17. The quantitative estimate of drug-likeness (QED) is 0.440. The Morgan fingerprint density at radius 3 is 3.06 bits per heavy atom. The predicted molar refractivity (Wildman–Crippen MR) is 70.5 cm³/mol. The molecule has 1 aliphatic carbocycles. The molecular weight excluding hydrogens is 212 g/mol. The topological polar surface area (TPSA) is 47.3 Å². The summed E-state index contributed by atoms with van der Waals surface area (Å²) in [5.74, 6) is 5.71. The molecule has 0 spiro atoms. The summed E-state index contributed by atoms with van der Waals surface area (Å²) < 4.78 is 5.67. The van der Waals surface area contributed by atoms with Crippen LogP contribution in [0.1, 0.15) is 57.8 Å². The van der Waals surface area contributed by atoms with Gasteiger partial charge in [0.2, 0.25) is 0 Å². The molecule has 0 aromatic rings. The van der Waals surface area contributed by atoms with Crippen LogP contribution in [0, 0.1) is 0 Å². The van der Waals surface area contributed by atoms with E-state index in [-0.39, 0.29) is 0 Å². The second-order valence-electron chi connectivity index (χ2n) is 5.31. The number of hydrogen-bond acceptors (Lipinski definition) is 3. The molecule has 98 valence electrons. The average Bonchev–Trinajstić information content (AvgIpc) is 2.72. The summed E-state index contributed by atoms with van der Waals surface area (Å²) in [5.41, 5.74) is 4.53. The van der Waals surface area contributed by atoms with Gasteiger partial charge in [0.05, 0.1) is 6.10 Å². The molecule has 2 rings (SSSR count). The maximum absolute atomic E-state index is 5.71. The first-order chi connectivity index (χ1) is 8.40. The zero-order chi connectivity index (χ0) is 11.9. The minimum atomic E-state index is 0.372. The Balaban J connectivity index is 1.79. The van der Waals surface area contributed by atoms with Gasteiger partial charge in [-0.2, -0.15) is 0 Å². The second kappa shape index (κ2) is 7.14. The maximum Gasteiger partial charge on any atom is 0.0576 e. The highest BCUT2D eigenvalue weighted by atomic mass is 16.5. The van der Waals surface area contributed by atoms with Crippen LogP contribution in [0.25, 0.3) is 0 Å². The fraction of sp³-hybridized carbons (Fsp3) is 0.857. The van der Waals surface area contributed by atoms with Crippen LogP contribution in [-0.4, -0.2) is 18.8 Å². The van der Waals surface area contributed by atoms with Crippen molar-refractivity contribution in [2.75, 3.05) is 6.61 Å². The SMILES string of the molecule is NNC(CCC1CCCO1)C1=CCCCCC1. The molecule has 1 fully saturated rings. The fourth-order valence-corrected chi connectivity index (χ4v) is 2.96. The van der Waals surface area contributed by atoms with Crippen LogP contribution >= 0.6 is 0 Å². The van der Waals surface area contributed by atoms with Crippen molar-refractivity contribution in [3.63, 3.8) is 0 Å². The molecule has 1 aliphatic heterocycles. The van der Waals surface area contributed by atoms with E-state index in [1.54, 1.807) is 0 Å². The van der Waals surface area contributed by atoms with Gasteiger partial charge in [0.25, 0.3) is 0 Å². The van der Waals surface area contributed by atoms with Crippen molar-refractivity contribution in [2.24, 2.45) is 5.84 Å². The maximum atomic E-state index is 5.71. The third-order valence-electron chi connectivity index (χ3n) is 4.03. The first kappa shape index (κ1) is 13.1. The third kappa shape index (κ3) is 4.09. The molecule has 2 atom stereocenters. The fourth-order valence-electron chi connectivity index (χ4n) is 2.96. The number of allylic oxidation sites excluding steroid dienone is 1. The van der Waals surface area contributed by atoms with E-state index in [4.69, 9.17) is 10.6 Å². The van der Waals surface area contributed by atoms with Crippen LogP contribution in [0.5, 0.6) is 0 Å². The van der Waals surface area contributed by atoms with Crippen LogP contribution in [0.15, 0.2) is 11.6 Å². The molecule has 3 nitrogen and oxygen atoms in total. The predicted octanol–water partition coefficient (Wildman–Crippen LogP) is 2.67. The minimum absolute atomic E-state index is 0.372. The van der Waals surface area contributed by atoms with E-state index >= 15 is 0 Å². The Morgan fingerprint density at radius 1 is 1.35 bits per heavy atom. The number of rotatable bonds is 5. The van der Waals surface area contributed by atoms with Crippen LogP contribution in [0.3, 0.4) is 0 Å². The summed E-state index contributed by atoms with van der Waals surface area (Å²) in [6, 6.07) is 0.372. The van der Waals surface area contributed by atoms with Gasteiger partial charge in [-0.15, -0.1) is 0 Å². The zero-order valence-corrected chi connectivity index (χ0v) is 10.8. The largest absolute Gasteiger partial charge is 0.378 e. The summed E-state index contributed by atoms with van der Waals surface area (Å²) >= 11 is 0. The van der Waals surface area contributed by atoms with Gasteiger partial charge in [0.15, 0.2) is 0 Å². The van der Waals surface area contributed by atoms with E-state index < -0.39 is 0 Å². The Labute approximate surface area is 105 Å². The first-order valence-corrected chi connectivity index (χ1v) is 7.17. The van der Waals surface area contributed by atoms with E-state index in [1.807, 2.05) is 0 Å². The normalized spacial score (nSPS) is 27.6. The molecule has 1 saturated heterocycles. The Morgan fingerprint density at radius 2 is 2.29 bits per heavy atom. The highest BCUT2D eigenvalue weighted by molar-refractivity contribution is 5.11. The summed E-state index contributed by atoms with van der Waals surface area (Å²) in [5, 5.41) is 0. The summed E-state index contributed by atoms with van der Waals surface area (Å²) in [6.45, 7) is 0.952. The average molecular weight is 238 g/mol. The molecule has 0 radical (unpaired) electrons. The summed E-state index contributed by atoms with van der Waals surface area (Å²) in [7, 11) is 0. The van der Waals surface area contributed by atoms with Crippen molar-refractivity contribution >= 4 is 0 Å². The lowest BCUT2D eigenvalue weighted by Gasteiger charge is -2.20. The lowest BCUT2D eigenvalue weighted by atomic mass is 9.96. The monoisotopic (exact) mass is 238 g/mol. The highest BCUT2D eigenvalue weighted by Crippen LogP contribution is 2.24. The standard InChI is InChI=1S/C14H26N2O/c15-16-14(10-9-13-8-5-11-17-13)12-6-3-1-2-4-7-12/h6,13-14,16H,1-5,7-11,15H2. The van der Waals surface area contributed by atoms with Gasteiger partial charge >= 0.3 is 0 Å². The number of hydrogen-bond donors (Lipinski definition) is 2. The number of ether oxygens (including phenoxy) is 1. The number of hydrazine groups is 1. The molecule has 2 unspecified atom stereocenters. The molecule has 3 N–H and O–H groups in total. The molecule has 0 saturated carbocycles. The summed E-state index contributed by atoms with van der Waals surface area (Å²) in [4.78, 5) is 0. The van der Waals surface area contributed by atoms with E-state index in [0.717, 1.165) is 19.4 Å². The highest BCUT2D eigenvalue weighted by Gasteiger charge is 2.19. The van der Waals surface area contributed by atoms with E-state index in [9.17, 15) is 0 Å². The van der Waals surface area contributed by atoms with Gasteiger partial charge in [-0.05, 0) is 51.4 Å². The number of nitrogens with two attached hydrogens (primary N) is 1. The van der Waals surface area contributed by atoms with Gasteiger partial charge in [-0.25, -0.2) is 0 Å². The van der Waals surface area contributed by atoms with E-state index in [1.165, 1.54) is 50.5 Å². The Kier molecular flexibility index (Phi) is 5.49. The smallest absolute Gasteiger partial charge is 0.0576 e. The van der Waals surface area contributed by atoms with Crippen LogP contribution in [0.4, 0.5) is 0 Å². The van der Waals surface area contributed by atoms with Crippen molar-refractivity contribution in [3.05, 3.63) is 11.6 Å². The zero-order valence-electron chi connectivity index (χ0n) is 10.8. The molecule has 3 heteroatoms. The van der Waals surface area contributed by atoms with E-state index in [2.05, 4.69) is 11.5 Å². The second-order valence-corrected chi connectivity index (χ2v) is 5.31. The summed E-state index contributed by atoms with van der Waals surface area (Å²) in [6.07, 6.45) is 14.1. The Hall–Kier alpha value is -0.380. The van der Waals surface area contributed by atoms with Crippen molar-refractivity contribution in [1.29, 1.82) is 0 Å². The molecule has 0 aromatic carbocycles. The van der Waals surface area contributed by atoms with Gasteiger partial charge < -0.3 is 4.74 Å². The van der Waals surface area contributed by atoms with E-state index in [0.29, 0.717) is 12.1 Å². The van der Waals surface area contributed by atoms with Crippen molar-refractivity contribution in [2.45, 2.75) is 69.9 Å². The van der Waals surface area contributed by atoms with Crippen molar-refractivity contribution < 1.29 is 4.74 Å². The molecular formula is C14H26N2O. The van der Waals surface area contributed by atoms with Crippen LogP contribution in [-0.2, 0) is 4.74 Å².